The molecule has 0 aliphatic rings. The average Bonchev–Trinajstić information content (AvgIpc) is 2.18. The highest BCUT2D eigenvalue weighted by atomic mass is 16.5. The molecule has 0 saturated heterocycles. The lowest BCUT2D eigenvalue weighted by Gasteiger charge is -1.96. The Hall–Kier alpha value is -1.23. The number of nitrogens with two attached hydrogens (primary N) is 2. The number of nitrogens with one attached hydrogen (secondary N) is 1. The van der Waals surface area contributed by atoms with Gasteiger partial charge in [0.05, 0.1) is 6.33 Å². The highest BCUT2D eigenvalue weighted by Gasteiger charge is 1.98. The normalized spacial score (nSPS) is 9.44. The Morgan fingerprint density at radius 2 is 2.56 bits per heavy atom. The summed E-state index contributed by atoms with van der Waals surface area (Å²) in [5.41, 5.74) is 10.4. The molecule has 0 bridgehead atoms. The first-order valence-electron chi connectivity index (χ1n) is 2.46. The van der Waals surface area contributed by atoms with Crippen LogP contribution >= 0.6 is 0 Å². The number of H-pyrrole nitrogens is 1. The molecule has 0 aliphatic carbocycles. The van der Waals surface area contributed by atoms with Gasteiger partial charge in [0.15, 0.2) is 5.82 Å². The van der Waals surface area contributed by atoms with Crippen molar-refractivity contribution in [2.24, 2.45) is 5.73 Å². The standard InChI is InChI=1S/C4H8N4O/c5-1-9-4-3(6)7-2-8-4/h2H,1,5-6H2,(H,7,8). The van der Waals surface area contributed by atoms with Gasteiger partial charge in [-0.25, -0.2) is 4.98 Å². The van der Waals surface area contributed by atoms with Gasteiger partial charge in [0, 0.05) is 0 Å². The van der Waals surface area contributed by atoms with Crippen molar-refractivity contribution < 1.29 is 4.74 Å². The van der Waals surface area contributed by atoms with E-state index in [0.29, 0.717) is 11.7 Å². The van der Waals surface area contributed by atoms with Crippen LogP contribution in [0.3, 0.4) is 0 Å². The minimum Gasteiger partial charge on any atom is -0.459 e. The molecule has 0 amide bonds. The summed E-state index contributed by atoms with van der Waals surface area (Å²) in [6, 6.07) is 0. The van der Waals surface area contributed by atoms with Crippen LogP contribution in [0.15, 0.2) is 6.33 Å². The third-order valence-corrected chi connectivity index (χ3v) is 0.852. The molecule has 50 valence electrons. The van der Waals surface area contributed by atoms with E-state index in [2.05, 4.69) is 9.97 Å². The molecule has 0 radical (unpaired) electrons. The van der Waals surface area contributed by atoms with Gasteiger partial charge < -0.3 is 15.5 Å². The number of hydrogen-bond acceptors (Lipinski definition) is 4. The number of imidazole rings is 1. The number of aromatic amines is 1. The zero-order valence-electron chi connectivity index (χ0n) is 4.79. The van der Waals surface area contributed by atoms with Crippen molar-refractivity contribution >= 4 is 5.82 Å². The second-order valence-corrected chi connectivity index (χ2v) is 1.43. The monoisotopic (exact) mass is 128 g/mol. The lowest BCUT2D eigenvalue weighted by Crippen LogP contribution is -2.08. The number of anilines is 1. The maximum atomic E-state index is 5.33. The largest absolute Gasteiger partial charge is 0.459 e. The molecular weight excluding hydrogens is 120 g/mol. The summed E-state index contributed by atoms with van der Waals surface area (Å²) in [6.45, 7) is 0.0923. The fourth-order valence-corrected chi connectivity index (χ4v) is 0.486. The Morgan fingerprint density at radius 1 is 1.78 bits per heavy atom. The van der Waals surface area contributed by atoms with Crippen molar-refractivity contribution in [3.05, 3.63) is 6.33 Å². The van der Waals surface area contributed by atoms with E-state index in [4.69, 9.17) is 16.2 Å². The van der Waals surface area contributed by atoms with Crippen LogP contribution in [-0.2, 0) is 0 Å². The predicted octanol–water partition coefficient (Wildman–Crippen LogP) is -0.713. The van der Waals surface area contributed by atoms with Gasteiger partial charge >= 0.3 is 0 Å². The molecular formula is C4H8N4O. The number of rotatable bonds is 2. The number of nitrogen functional groups attached to an aromatic ring is 1. The first kappa shape index (κ1) is 5.90. The van der Waals surface area contributed by atoms with Gasteiger partial charge in [-0.1, -0.05) is 0 Å². The number of nitrogens with zero attached hydrogens (tertiary/aromatic N) is 1. The summed E-state index contributed by atoms with van der Waals surface area (Å²) in [5.74, 6) is 0.762. The van der Waals surface area contributed by atoms with Crippen LogP contribution in [0, 0.1) is 0 Å². The summed E-state index contributed by atoms with van der Waals surface area (Å²) in [7, 11) is 0. The zero-order chi connectivity index (χ0) is 6.69. The molecule has 5 heteroatoms. The minimum absolute atomic E-state index is 0.0923. The Morgan fingerprint density at radius 3 is 3.00 bits per heavy atom. The van der Waals surface area contributed by atoms with Crippen LogP contribution in [-0.4, -0.2) is 16.7 Å². The fraction of sp³-hybridized carbons (Fsp3) is 0.250. The molecule has 0 atom stereocenters. The van der Waals surface area contributed by atoms with Crippen molar-refractivity contribution in [1.82, 2.24) is 9.97 Å². The molecule has 0 saturated carbocycles. The second kappa shape index (κ2) is 2.36. The number of aromatic nitrogens is 2. The summed E-state index contributed by atoms with van der Waals surface area (Å²) in [4.78, 5) is 6.36. The van der Waals surface area contributed by atoms with Gasteiger partial charge in [0.25, 0.3) is 5.88 Å². The van der Waals surface area contributed by atoms with Gasteiger partial charge in [-0.15, -0.1) is 0 Å². The van der Waals surface area contributed by atoms with E-state index in [1.165, 1.54) is 6.33 Å². The molecule has 5 nitrogen and oxygen atoms in total. The van der Waals surface area contributed by atoms with Gasteiger partial charge in [-0.3, -0.25) is 5.73 Å². The van der Waals surface area contributed by atoms with E-state index in [0.717, 1.165) is 0 Å². The Bertz CT molecular complexity index is 184. The molecule has 0 aromatic carbocycles. The fourth-order valence-electron chi connectivity index (χ4n) is 0.486. The average molecular weight is 128 g/mol. The van der Waals surface area contributed by atoms with Crippen LogP contribution in [0.5, 0.6) is 5.88 Å². The predicted molar refractivity (Wildman–Crippen MR) is 32.7 cm³/mol. The van der Waals surface area contributed by atoms with E-state index in [-0.39, 0.29) is 6.73 Å². The summed E-state index contributed by atoms with van der Waals surface area (Å²) >= 11 is 0. The molecule has 0 aliphatic heterocycles. The first-order valence-corrected chi connectivity index (χ1v) is 2.46. The van der Waals surface area contributed by atoms with Gasteiger partial charge in [0.2, 0.25) is 0 Å². The highest BCUT2D eigenvalue weighted by Crippen LogP contribution is 2.12. The molecule has 1 aromatic heterocycles. The van der Waals surface area contributed by atoms with E-state index in [1.54, 1.807) is 0 Å². The molecule has 9 heavy (non-hydrogen) atoms. The lowest BCUT2D eigenvalue weighted by atomic mass is 10.7. The molecule has 1 heterocycles. The van der Waals surface area contributed by atoms with Gasteiger partial charge in [0.1, 0.15) is 6.73 Å². The van der Waals surface area contributed by atoms with Crippen LogP contribution in [0.4, 0.5) is 5.82 Å². The van der Waals surface area contributed by atoms with Crippen molar-refractivity contribution in [1.29, 1.82) is 0 Å². The topological polar surface area (TPSA) is 90.0 Å². The van der Waals surface area contributed by atoms with E-state index < -0.39 is 0 Å². The Kier molecular flexibility index (Phi) is 1.55. The van der Waals surface area contributed by atoms with Crippen molar-refractivity contribution in [2.45, 2.75) is 0 Å². The third kappa shape index (κ3) is 1.11. The molecule has 0 unspecified atom stereocenters. The smallest absolute Gasteiger partial charge is 0.257 e. The van der Waals surface area contributed by atoms with Gasteiger partial charge in [-0.05, 0) is 0 Å². The van der Waals surface area contributed by atoms with Crippen LogP contribution in [0.2, 0.25) is 0 Å². The minimum atomic E-state index is 0.0923. The van der Waals surface area contributed by atoms with Crippen molar-refractivity contribution in [2.75, 3.05) is 12.5 Å². The SMILES string of the molecule is NCOc1nc[nH]c1N. The summed E-state index contributed by atoms with van der Waals surface area (Å²) < 4.78 is 4.79. The van der Waals surface area contributed by atoms with Gasteiger partial charge in [-0.2, -0.15) is 0 Å². The molecule has 1 aromatic rings. The van der Waals surface area contributed by atoms with Crippen LogP contribution < -0.4 is 16.2 Å². The molecule has 0 fully saturated rings. The highest BCUT2D eigenvalue weighted by molar-refractivity contribution is 5.39. The third-order valence-electron chi connectivity index (χ3n) is 0.852. The van der Waals surface area contributed by atoms with Crippen molar-refractivity contribution in [3.8, 4) is 5.88 Å². The van der Waals surface area contributed by atoms with Crippen molar-refractivity contribution in [3.63, 3.8) is 0 Å². The van der Waals surface area contributed by atoms with E-state index in [9.17, 15) is 0 Å². The van der Waals surface area contributed by atoms with E-state index in [1.807, 2.05) is 0 Å². The summed E-state index contributed by atoms with van der Waals surface area (Å²) in [5, 5.41) is 0. The molecule has 5 N–H and O–H groups in total. The Balaban J connectivity index is 2.69. The van der Waals surface area contributed by atoms with Crippen LogP contribution in [0.25, 0.3) is 0 Å². The number of ether oxygens (including phenoxy) is 1. The lowest BCUT2D eigenvalue weighted by molar-refractivity contribution is 0.320. The number of hydrogen-bond donors (Lipinski definition) is 3. The van der Waals surface area contributed by atoms with E-state index >= 15 is 0 Å². The zero-order valence-corrected chi connectivity index (χ0v) is 4.79. The first-order chi connectivity index (χ1) is 4.34. The quantitative estimate of drug-likeness (QED) is 0.459. The summed E-state index contributed by atoms with van der Waals surface area (Å²) in [6.07, 6.45) is 1.44. The maximum Gasteiger partial charge on any atom is 0.257 e. The second-order valence-electron chi connectivity index (χ2n) is 1.43. The molecule has 0 spiro atoms. The molecule has 1 rings (SSSR count). The maximum absolute atomic E-state index is 5.33. The van der Waals surface area contributed by atoms with Crippen LogP contribution in [0.1, 0.15) is 0 Å². The Labute approximate surface area is 52.0 Å².